The van der Waals surface area contributed by atoms with Crippen molar-refractivity contribution >= 4 is 5.91 Å². The summed E-state index contributed by atoms with van der Waals surface area (Å²) in [6.45, 7) is 4.23. The van der Waals surface area contributed by atoms with Crippen molar-refractivity contribution in [3.63, 3.8) is 0 Å². The van der Waals surface area contributed by atoms with E-state index < -0.39 is 0 Å². The number of amides is 1. The number of oxazole rings is 1. The van der Waals surface area contributed by atoms with Crippen LogP contribution >= 0.6 is 0 Å². The third-order valence-corrected chi connectivity index (χ3v) is 6.32. The van der Waals surface area contributed by atoms with E-state index in [9.17, 15) is 4.79 Å². The first-order valence-electron chi connectivity index (χ1n) is 9.51. The minimum atomic E-state index is -0.243. The molecule has 4 bridgehead atoms. The van der Waals surface area contributed by atoms with E-state index in [1.807, 2.05) is 0 Å². The summed E-state index contributed by atoms with van der Waals surface area (Å²) in [5.74, 6) is 4.00. The topological polar surface area (TPSA) is 81.1 Å². The number of rotatable bonds is 5. The lowest BCUT2D eigenvalue weighted by Gasteiger charge is -2.54. The van der Waals surface area contributed by atoms with Gasteiger partial charge in [-0.2, -0.15) is 0 Å². The Balaban J connectivity index is 1.41. The predicted molar refractivity (Wildman–Crippen MR) is 91.2 cm³/mol. The van der Waals surface area contributed by atoms with Crippen LogP contribution in [-0.2, 0) is 0 Å². The van der Waals surface area contributed by atoms with Crippen LogP contribution in [0.3, 0.4) is 0 Å². The average Bonchev–Trinajstić information content (AvgIpc) is 2.99. The zero-order valence-electron chi connectivity index (χ0n) is 14.7. The van der Waals surface area contributed by atoms with Gasteiger partial charge >= 0.3 is 0 Å². The minimum Gasteiger partial charge on any atom is -0.446 e. The van der Waals surface area contributed by atoms with Gasteiger partial charge in [-0.25, -0.2) is 4.98 Å². The molecule has 0 saturated heterocycles. The van der Waals surface area contributed by atoms with Gasteiger partial charge < -0.3 is 15.5 Å². The Kier molecular flexibility index (Phi) is 4.15. The molecule has 0 aromatic carbocycles. The van der Waals surface area contributed by atoms with Gasteiger partial charge in [0, 0.05) is 6.04 Å². The lowest BCUT2D eigenvalue weighted by molar-refractivity contribution is -0.0120. The molecule has 4 saturated carbocycles. The maximum atomic E-state index is 12.6. The van der Waals surface area contributed by atoms with E-state index in [0.717, 1.165) is 18.3 Å². The summed E-state index contributed by atoms with van der Waals surface area (Å²) in [7, 11) is 0. The molecular weight excluding hydrogens is 302 g/mol. The van der Waals surface area contributed by atoms with Crippen LogP contribution in [0.2, 0.25) is 0 Å². The highest BCUT2D eigenvalue weighted by Crippen LogP contribution is 2.53. The Morgan fingerprint density at radius 1 is 1.25 bits per heavy atom. The van der Waals surface area contributed by atoms with E-state index in [1.54, 1.807) is 0 Å². The Bertz CT molecular complexity index is 582. The molecule has 5 rings (SSSR count). The van der Waals surface area contributed by atoms with Crippen LogP contribution in [0, 0.1) is 29.6 Å². The van der Waals surface area contributed by atoms with Crippen molar-refractivity contribution in [2.24, 2.45) is 35.3 Å². The summed E-state index contributed by atoms with van der Waals surface area (Å²) in [5.41, 5.74) is 6.47. The summed E-state index contributed by atoms with van der Waals surface area (Å²) < 4.78 is 5.46. The molecule has 0 aliphatic heterocycles. The number of nitrogens with one attached hydrogen (secondary N) is 1. The third kappa shape index (κ3) is 2.99. The third-order valence-electron chi connectivity index (χ3n) is 6.32. The van der Waals surface area contributed by atoms with E-state index in [0.29, 0.717) is 35.4 Å². The zero-order chi connectivity index (χ0) is 16.8. The largest absolute Gasteiger partial charge is 0.446 e. The Morgan fingerprint density at radius 2 is 1.88 bits per heavy atom. The van der Waals surface area contributed by atoms with Gasteiger partial charge in [-0.1, -0.05) is 13.8 Å². The number of aromatic nitrogens is 1. The quantitative estimate of drug-likeness (QED) is 0.867. The molecule has 1 heterocycles. The van der Waals surface area contributed by atoms with Crippen molar-refractivity contribution in [3.8, 4) is 0 Å². The molecule has 24 heavy (non-hydrogen) atoms. The van der Waals surface area contributed by atoms with Crippen molar-refractivity contribution in [3.05, 3.63) is 17.8 Å². The maximum Gasteiger partial charge on any atom is 0.273 e. The van der Waals surface area contributed by atoms with E-state index in [1.165, 1.54) is 38.4 Å². The summed E-state index contributed by atoms with van der Waals surface area (Å²) >= 11 is 0. The molecule has 1 atom stereocenters. The Hall–Kier alpha value is -1.36. The zero-order valence-corrected chi connectivity index (χ0v) is 14.7. The lowest BCUT2D eigenvalue weighted by Crippen LogP contribution is -2.55. The number of nitrogens with zero attached hydrogens (tertiary/aromatic N) is 1. The standard InChI is InChI=1S/C19H29N3O2/c1-10(2)3-15(20)19-21-16(9-24-19)18(23)22-17-13-5-11-4-12(7-13)8-14(17)6-11/h9-15,17H,3-8,20H2,1-2H3,(H,22,23). The van der Waals surface area contributed by atoms with Gasteiger partial charge in [-0.05, 0) is 68.1 Å². The van der Waals surface area contributed by atoms with Crippen LogP contribution in [0.15, 0.2) is 10.7 Å². The van der Waals surface area contributed by atoms with Crippen LogP contribution in [0.4, 0.5) is 0 Å². The summed E-state index contributed by atoms with van der Waals surface area (Å²) in [5, 5.41) is 3.27. The number of carbonyl (C=O) groups excluding carboxylic acids is 1. The van der Waals surface area contributed by atoms with Crippen molar-refractivity contribution < 1.29 is 9.21 Å². The molecular formula is C19H29N3O2. The van der Waals surface area contributed by atoms with Crippen LogP contribution in [0.5, 0.6) is 0 Å². The smallest absolute Gasteiger partial charge is 0.273 e. The molecule has 3 N–H and O–H groups in total. The predicted octanol–water partition coefficient (Wildman–Crippen LogP) is 3.28. The number of carbonyl (C=O) groups is 1. The van der Waals surface area contributed by atoms with Gasteiger partial charge in [-0.15, -0.1) is 0 Å². The second-order valence-corrected chi connectivity index (χ2v) is 8.74. The minimum absolute atomic E-state index is 0.0979. The van der Waals surface area contributed by atoms with Crippen LogP contribution < -0.4 is 11.1 Å². The van der Waals surface area contributed by atoms with Crippen molar-refractivity contribution in [2.75, 3.05) is 0 Å². The average molecular weight is 331 g/mol. The van der Waals surface area contributed by atoms with Gasteiger partial charge in [0.25, 0.3) is 5.91 Å². The summed E-state index contributed by atoms with van der Waals surface area (Å²) in [6.07, 6.45) is 8.86. The fourth-order valence-corrected chi connectivity index (χ4v) is 5.56. The second kappa shape index (κ2) is 6.17. The van der Waals surface area contributed by atoms with Crippen LogP contribution in [-0.4, -0.2) is 16.9 Å². The van der Waals surface area contributed by atoms with Crippen molar-refractivity contribution in [2.45, 2.75) is 64.5 Å². The monoisotopic (exact) mass is 331 g/mol. The first-order chi connectivity index (χ1) is 11.5. The summed E-state index contributed by atoms with van der Waals surface area (Å²) in [4.78, 5) is 17.0. The normalized spacial score (nSPS) is 35.4. The number of nitrogens with two attached hydrogens (primary N) is 1. The van der Waals surface area contributed by atoms with E-state index >= 15 is 0 Å². The van der Waals surface area contributed by atoms with E-state index in [2.05, 4.69) is 24.1 Å². The second-order valence-electron chi connectivity index (χ2n) is 8.74. The first kappa shape index (κ1) is 16.1. The highest BCUT2D eigenvalue weighted by Gasteiger charge is 2.48. The van der Waals surface area contributed by atoms with Crippen LogP contribution in [0.1, 0.15) is 74.8 Å². The molecule has 4 fully saturated rings. The van der Waals surface area contributed by atoms with Gasteiger partial charge in [0.1, 0.15) is 6.26 Å². The maximum absolute atomic E-state index is 12.6. The number of hydrogen-bond donors (Lipinski definition) is 2. The number of hydrogen-bond acceptors (Lipinski definition) is 4. The fourth-order valence-electron chi connectivity index (χ4n) is 5.56. The fraction of sp³-hybridized carbons (Fsp3) is 0.789. The van der Waals surface area contributed by atoms with E-state index in [4.69, 9.17) is 10.2 Å². The molecule has 5 nitrogen and oxygen atoms in total. The molecule has 0 spiro atoms. The Labute approximate surface area is 143 Å². The van der Waals surface area contributed by atoms with Crippen LogP contribution in [0.25, 0.3) is 0 Å². The van der Waals surface area contributed by atoms with Crippen molar-refractivity contribution in [1.29, 1.82) is 0 Å². The molecule has 4 aliphatic rings. The molecule has 1 amide bonds. The van der Waals surface area contributed by atoms with Gasteiger partial charge in [0.05, 0.1) is 6.04 Å². The molecule has 1 aromatic rings. The van der Waals surface area contributed by atoms with Crippen molar-refractivity contribution in [1.82, 2.24) is 10.3 Å². The highest BCUT2D eigenvalue weighted by molar-refractivity contribution is 5.92. The lowest BCUT2D eigenvalue weighted by atomic mass is 9.54. The summed E-state index contributed by atoms with van der Waals surface area (Å²) in [6, 6.07) is 0.0857. The van der Waals surface area contributed by atoms with E-state index in [-0.39, 0.29) is 11.9 Å². The Morgan fingerprint density at radius 3 is 2.46 bits per heavy atom. The molecule has 1 unspecified atom stereocenters. The van der Waals surface area contributed by atoms with Gasteiger partial charge in [0.2, 0.25) is 5.89 Å². The first-order valence-corrected chi connectivity index (χ1v) is 9.51. The van der Waals surface area contributed by atoms with Gasteiger partial charge in [0.15, 0.2) is 5.69 Å². The molecule has 0 radical (unpaired) electrons. The molecule has 4 aliphatic carbocycles. The highest BCUT2D eigenvalue weighted by atomic mass is 16.3. The molecule has 1 aromatic heterocycles. The molecule has 132 valence electrons. The van der Waals surface area contributed by atoms with Gasteiger partial charge in [-0.3, -0.25) is 4.79 Å². The molecule has 5 heteroatoms. The SMILES string of the molecule is CC(C)CC(N)c1nc(C(=O)NC2C3CC4CC(C3)CC2C4)co1.